The summed E-state index contributed by atoms with van der Waals surface area (Å²) in [6, 6.07) is 8.19. The Morgan fingerprint density at radius 2 is 1.94 bits per heavy atom. The Labute approximate surface area is 115 Å². The molecule has 97 valence electrons. The van der Waals surface area contributed by atoms with Crippen molar-refractivity contribution in [3.8, 4) is 0 Å². The van der Waals surface area contributed by atoms with Crippen molar-refractivity contribution >= 4 is 17.2 Å². The van der Waals surface area contributed by atoms with Crippen LogP contribution in [0.1, 0.15) is 26.3 Å². The van der Waals surface area contributed by atoms with Gasteiger partial charge in [-0.05, 0) is 35.1 Å². The first-order valence-corrected chi connectivity index (χ1v) is 6.91. The van der Waals surface area contributed by atoms with Crippen LogP contribution in [0.2, 0.25) is 5.02 Å². The molecule has 1 aromatic carbocycles. The summed E-state index contributed by atoms with van der Waals surface area (Å²) in [7, 11) is 0. The monoisotopic (exact) mass is 262 g/mol. The van der Waals surface area contributed by atoms with Gasteiger partial charge in [0.15, 0.2) is 0 Å². The van der Waals surface area contributed by atoms with E-state index in [2.05, 4.69) is 43.9 Å². The second kappa shape index (κ2) is 5.90. The Bertz CT molecular complexity index is 419. The van der Waals surface area contributed by atoms with Gasteiger partial charge in [0.1, 0.15) is 0 Å². The molecule has 0 amide bonds. The minimum absolute atomic E-state index is 0.583. The van der Waals surface area contributed by atoms with Gasteiger partial charge in [-0.2, -0.15) is 0 Å². The summed E-state index contributed by atoms with van der Waals surface area (Å²) in [5, 5.41) is 0.806. The third kappa shape index (κ3) is 3.37. The highest BCUT2D eigenvalue weighted by Crippen LogP contribution is 2.28. The fraction of sp³-hybridized carbons (Fsp3) is 0.438. The molecule has 1 heterocycles. The Hall–Kier alpha value is -0.790. The maximum absolute atomic E-state index is 5.94. The molecule has 1 aliphatic rings. The lowest BCUT2D eigenvalue weighted by Crippen LogP contribution is -2.35. The van der Waals surface area contributed by atoms with Crippen LogP contribution in [-0.4, -0.2) is 24.5 Å². The molecule has 1 aromatic rings. The molecule has 0 saturated heterocycles. The molecule has 1 atom stereocenters. The predicted molar refractivity (Wildman–Crippen MR) is 79.6 cm³/mol. The molecular formula is C16H21ClN. The van der Waals surface area contributed by atoms with Gasteiger partial charge in [-0.3, -0.25) is 4.90 Å². The van der Waals surface area contributed by atoms with E-state index in [-0.39, 0.29) is 0 Å². The van der Waals surface area contributed by atoms with E-state index < -0.39 is 0 Å². The lowest BCUT2D eigenvalue weighted by Gasteiger charge is -2.32. The number of hydrogen-bond donors (Lipinski definition) is 0. The Morgan fingerprint density at radius 1 is 1.28 bits per heavy atom. The second-order valence-electron chi connectivity index (χ2n) is 5.47. The lowest BCUT2D eigenvalue weighted by atomic mass is 9.90. The first-order valence-electron chi connectivity index (χ1n) is 6.53. The summed E-state index contributed by atoms with van der Waals surface area (Å²) in [6.45, 7) is 9.99. The highest BCUT2D eigenvalue weighted by atomic mass is 35.5. The van der Waals surface area contributed by atoms with E-state index in [4.69, 9.17) is 11.6 Å². The number of benzene rings is 1. The fourth-order valence-corrected chi connectivity index (χ4v) is 2.74. The van der Waals surface area contributed by atoms with Gasteiger partial charge in [0.05, 0.1) is 0 Å². The van der Waals surface area contributed by atoms with Gasteiger partial charge in [0, 0.05) is 24.7 Å². The fourth-order valence-electron chi connectivity index (χ4n) is 2.61. The van der Waals surface area contributed by atoms with E-state index in [1.54, 1.807) is 0 Å². The highest BCUT2D eigenvalue weighted by molar-refractivity contribution is 6.30. The van der Waals surface area contributed by atoms with Gasteiger partial charge < -0.3 is 0 Å². The average molecular weight is 263 g/mol. The van der Waals surface area contributed by atoms with Crippen molar-refractivity contribution in [1.29, 1.82) is 0 Å². The van der Waals surface area contributed by atoms with Crippen LogP contribution in [0.5, 0.6) is 0 Å². The van der Waals surface area contributed by atoms with Crippen molar-refractivity contribution in [3.05, 3.63) is 46.8 Å². The Kier molecular flexibility index (Phi) is 4.47. The number of hydrogen-bond acceptors (Lipinski definition) is 1. The second-order valence-corrected chi connectivity index (χ2v) is 5.91. The molecule has 1 unspecified atom stereocenters. The highest BCUT2D eigenvalue weighted by Gasteiger charge is 2.20. The zero-order valence-electron chi connectivity index (χ0n) is 11.4. The molecular weight excluding hydrogens is 242 g/mol. The first kappa shape index (κ1) is 13.6. The van der Waals surface area contributed by atoms with Crippen molar-refractivity contribution in [2.75, 3.05) is 19.6 Å². The summed E-state index contributed by atoms with van der Waals surface area (Å²) < 4.78 is 0. The molecule has 2 rings (SSSR count). The molecule has 0 aromatic heterocycles. The summed E-state index contributed by atoms with van der Waals surface area (Å²) >= 11 is 5.94. The Balaban J connectivity index is 2.11. The van der Waals surface area contributed by atoms with Crippen LogP contribution in [0.15, 0.2) is 30.3 Å². The molecule has 18 heavy (non-hydrogen) atoms. The first-order chi connectivity index (χ1) is 8.56. The molecule has 0 bridgehead atoms. The van der Waals surface area contributed by atoms with E-state index in [0.717, 1.165) is 24.7 Å². The predicted octanol–water partition coefficient (Wildman–Crippen LogP) is 4.29. The maximum atomic E-state index is 5.94. The third-order valence-electron chi connectivity index (χ3n) is 3.35. The molecule has 1 nitrogen and oxygen atoms in total. The van der Waals surface area contributed by atoms with Crippen LogP contribution >= 0.6 is 11.6 Å². The minimum atomic E-state index is 0.583. The minimum Gasteiger partial charge on any atom is -0.299 e. The van der Waals surface area contributed by atoms with Crippen LogP contribution < -0.4 is 0 Å². The van der Waals surface area contributed by atoms with Crippen LogP contribution in [0.3, 0.4) is 0 Å². The number of nitrogens with zero attached hydrogens (tertiary/aromatic N) is 1. The average Bonchev–Trinajstić information content (AvgIpc) is 2.30. The van der Waals surface area contributed by atoms with E-state index in [9.17, 15) is 0 Å². The maximum Gasteiger partial charge on any atom is 0.0406 e. The zero-order chi connectivity index (χ0) is 13.1. The van der Waals surface area contributed by atoms with E-state index >= 15 is 0 Å². The van der Waals surface area contributed by atoms with Gasteiger partial charge in [-0.15, -0.1) is 0 Å². The normalized spacial score (nSPS) is 21.2. The van der Waals surface area contributed by atoms with Gasteiger partial charge in [-0.25, -0.2) is 0 Å². The van der Waals surface area contributed by atoms with Crippen molar-refractivity contribution in [2.45, 2.75) is 20.8 Å². The van der Waals surface area contributed by atoms with E-state index in [0.29, 0.717) is 5.92 Å². The molecule has 0 saturated carbocycles. The molecule has 0 aliphatic carbocycles. The molecule has 0 N–H and O–H groups in total. The number of halogens is 1. The lowest BCUT2D eigenvalue weighted by molar-refractivity contribution is 0.282. The SMILES string of the molecule is C[C](C)CN1CC=C(c2ccc(Cl)cc2)C(C)C1. The topological polar surface area (TPSA) is 3.24 Å². The molecule has 1 aliphatic heterocycles. The smallest absolute Gasteiger partial charge is 0.0406 e. The van der Waals surface area contributed by atoms with Crippen LogP contribution in [0, 0.1) is 11.8 Å². The van der Waals surface area contributed by atoms with Crippen LogP contribution in [0.4, 0.5) is 0 Å². The van der Waals surface area contributed by atoms with E-state index in [1.807, 2.05) is 12.1 Å². The summed E-state index contributed by atoms with van der Waals surface area (Å²) in [4.78, 5) is 2.50. The van der Waals surface area contributed by atoms with Gasteiger partial charge in [0.2, 0.25) is 0 Å². The molecule has 2 heteroatoms. The van der Waals surface area contributed by atoms with Crippen LogP contribution in [-0.2, 0) is 0 Å². The standard InChI is InChI=1S/C16H21ClN/c1-12(2)10-18-9-8-16(13(3)11-18)14-4-6-15(17)7-5-14/h4-8,13H,9-11H2,1-3H3. The van der Waals surface area contributed by atoms with Crippen molar-refractivity contribution < 1.29 is 0 Å². The van der Waals surface area contributed by atoms with Gasteiger partial charge in [0.25, 0.3) is 0 Å². The largest absolute Gasteiger partial charge is 0.299 e. The van der Waals surface area contributed by atoms with Crippen molar-refractivity contribution in [2.24, 2.45) is 5.92 Å². The van der Waals surface area contributed by atoms with E-state index in [1.165, 1.54) is 17.1 Å². The third-order valence-corrected chi connectivity index (χ3v) is 3.60. The molecule has 1 radical (unpaired) electrons. The molecule has 0 fully saturated rings. The summed E-state index contributed by atoms with van der Waals surface area (Å²) in [5.41, 5.74) is 2.76. The van der Waals surface area contributed by atoms with Crippen molar-refractivity contribution in [3.63, 3.8) is 0 Å². The quantitative estimate of drug-likeness (QED) is 0.786. The van der Waals surface area contributed by atoms with Gasteiger partial charge >= 0.3 is 0 Å². The summed E-state index contributed by atoms with van der Waals surface area (Å²) in [5.74, 6) is 2.06. The van der Waals surface area contributed by atoms with Gasteiger partial charge in [-0.1, -0.05) is 50.6 Å². The zero-order valence-corrected chi connectivity index (χ0v) is 12.2. The molecule has 0 spiro atoms. The summed E-state index contributed by atoms with van der Waals surface area (Å²) in [6.07, 6.45) is 2.36. The van der Waals surface area contributed by atoms with Crippen LogP contribution in [0.25, 0.3) is 5.57 Å². The Morgan fingerprint density at radius 3 is 2.50 bits per heavy atom. The number of rotatable bonds is 3. The van der Waals surface area contributed by atoms with Crippen molar-refractivity contribution in [1.82, 2.24) is 4.90 Å².